The Bertz CT molecular complexity index is 669. The molecule has 1 saturated heterocycles. The molecule has 2 fully saturated rings. The Labute approximate surface area is 149 Å². The van der Waals surface area contributed by atoms with Gasteiger partial charge in [-0.1, -0.05) is 6.07 Å². The number of rotatable bonds is 2. The van der Waals surface area contributed by atoms with Crippen LogP contribution in [0.15, 0.2) is 24.3 Å². The maximum atomic E-state index is 12.8. The second-order valence-corrected chi connectivity index (χ2v) is 6.32. The molecule has 1 saturated carbocycles. The standard InChI is InChI=1S/C16H18F3N3O2.ClH/c17-16(18,19)12-3-1-2-11(10-12)13(23)21-6-8-22(9-7-21)14(24)15(20)4-5-15;/h1-3,10H,4-9,20H2;1H. The molecule has 9 heteroatoms. The molecule has 1 aromatic rings. The zero-order valence-corrected chi connectivity index (χ0v) is 14.2. The first kappa shape index (κ1) is 19.5. The number of piperazine rings is 1. The Kier molecular flexibility index (Phi) is 5.34. The fourth-order valence-electron chi connectivity index (χ4n) is 2.79. The highest BCUT2D eigenvalue weighted by Gasteiger charge is 2.48. The van der Waals surface area contributed by atoms with Gasteiger partial charge in [-0.15, -0.1) is 12.4 Å². The number of benzene rings is 1. The summed E-state index contributed by atoms with van der Waals surface area (Å²) in [7, 11) is 0. The fourth-order valence-corrected chi connectivity index (χ4v) is 2.79. The Morgan fingerprint density at radius 1 is 1.04 bits per heavy atom. The van der Waals surface area contributed by atoms with Crippen LogP contribution >= 0.6 is 12.4 Å². The van der Waals surface area contributed by atoms with E-state index in [9.17, 15) is 22.8 Å². The number of amides is 2. The van der Waals surface area contributed by atoms with E-state index in [2.05, 4.69) is 0 Å². The van der Waals surface area contributed by atoms with Crippen molar-refractivity contribution in [2.75, 3.05) is 26.2 Å². The molecule has 0 unspecified atom stereocenters. The second-order valence-electron chi connectivity index (χ2n) is 6.32. The molecule has 2 aliphatic rings. The van der Waals surface area contributed by atoms with Crippen LogP contribution in [0.4, 0.5) is 13.2 Å². The number of hydrogen-bond acceptors (Lipinski definition) is 3. The fraction of sp³-hybridized carbons (Fsp3) is 0.500. The first-order valence-electron chi connectivity index (χ1n) is 7.75. The van der Waals surface area contributed by atoms with Gasteiger partial charge in [0.05, 0.1) is 11.1 Å². The maximum Gasteiger partial charge on any atom is 0.416 e. The third kappa shape index (κ3) is 4.07. The topological polar surface area (TPSA) is 66.6 Å². The summed E-state index contributed by atoms with van der Waals surface area (Å²) in [4.78, 5) is 27.6. The van der Waals surface area contributed by atoms with E-state index in [4.69, 9.17) is 5.73 Å². The molecule has 0 atom stereocenters. The highest BCUT2D eigenvalue weighted by Crippen LogP contribution is 2.34. The van der Waals surface area contributed by atoms with Gasteiger partial charge in [0.2, 0.25) is 5.91 Å². The zero-order chi connectivity index (χ0) is 17.5. The third-order valence-corrected chi connectivity index (χ3v) is 4.51. The number of carbonyl (C=O) groups excluding carboxylic acids is 2. The molecular formula is C16H19ClF3N3O2. The lowest BCUT2D eigenvalue weighted by molar-refractivity contribution is -0.137. The van der Waals surface area contributed by atoms with Gasteiger partial charge in [0.25, 0.3) is 5.91 Å². The number of nitrogens with two attached hydrogens (primary N) is 1. The van der Waals surface area contributed by atoms with Gasteiger partial charge in [-0.05, 0) is 31.0 Å². The van der Waals surface area contributed by atoms with Crippen molar-refractivity contribution in [2.45, 2.75) is 24.6 Å². The summed E-state index contributed by atoms with van der Waals surface area (Å²) in [5, 5.41) is 0. The minimum absolute atomic E-state index is 0. The molecule has 1 aliphatic heterocycles. The van der Waals surface area contributed by atoms with Gasteiger partial charge in [0.15, 0.2) is 0 Å². The maximum absolute atomic E-state index is 12.8. The SMILES string of the molecule is Cl.NC1(C(=O)N2CCN(C(=O)c3cccc(C(F)(F)F)c3)CC2)CC1. The highest BCUT2D eigenvalue weighted by molar-refractivity contribution is 5.95. The van der Waals surface area contributed by atoms with Crippen molar-refractivity contribution >= 4 is 24.2 Å². The molecule has 1 aromatic carbocycles. The van der Waals surface area contributed by atoms with Gasteiger partial charge < -0.3 is 15.5 Å². The van der Waals surface area contributed by atoms with E-state index in [-0.39, 0.29) is 37.0 Å². The van der Waals surface area contributed by atoms with Gasteiger partial charge >= 0.3 is 6.18 Å². The summed E-state index contributed by atoms with van der Waals surface area (Å²) in [5.41, 5.74) is 4.30. The summed E-state index contributed by atoms with van der Waals surface area (Å²) in [6, 6.07) is 4.39. The zero-order valence-electron chi connectivity index (χ0n) is 13.4. The number of halogens is 4. The average Bonchev–Trinajstić information content (AvgIpc) is 3.32. The van der Waals surface area contributed by atoms with Crippen LogP contribution in [0.1, 0.15) is 28.8 Å². The Morgan fingerprint density at radius 3 is 2.12 bits per heavy atom. The lowest BCUT2D eigenvalue weighted by atomic mass is 10.1. The summed E-state index contributed by atoms with van der Waals surface area (Å²) in [5.74, 6) is -0.559. The lowest BCUT2D eigenvalue weighted by Crippen LogP contribution is -2.55. The molecule has 5 nitrogen and oxygen atoms in total. The van der Waals surface area contributed by atoms with Crippen LogP contribution in [0.25, 0.3) is 0 Å². The lowest BCUT2D eigenvalue weighted by Gasteiger charge is -2.36. The first-order chi connectivity index (χ1) is 11.2. The Hall–Kier alpha value is -1.80. The first-order valence-corrected chi connectivity index (χ1v) is 7.75. The van der Waals surface area contributed by atoms with Gasteiger partial charge in [0, 0.05) is 31.7 Å². The molecule has 3 rings (SSSR count). The van der Waals surface area contributed by atoms with E-state index in [0.717, 1.165) is 12.1 Å². The Morgan fingerprint density at radius 2 is 1.60 bits per heavy atom. The van der Waals surface area contributed by atoms with Gasteiger partial charge in [0.1, 0.15) is 0 Å². The molecule has 0 aromatic heterocycles. The molecule has 2 amide bonds. The largest absolute Gasteiger partial charge is 0.416 e. The van der Waals surface area contributed by atoms with Gasteiger partial charge in [-0.3, -0.25) is 9.59 Å². The van der Waals surface area contributed by atoms with Crippen molar-refractivity contribution in [3.8, 4) is 0 Å². The molecule has 2 N–H and O–H groups in total. The van der Waals surface area contributed by atoms with E-state index in [1.807, 2.05) is 0 Å². The van der Waals surface area contributed by atoms with Crippen molar-refractivity contribution in [3.05, 3.63) is 35.4 Å². The summed E-state index contributed by atoms with van der Waals surface area (Å²) in [6.45, 7) is 1.28. The van der Waals surface area contributed by atoms with Crippen LogP contribution in [0.3, 0.4) is 0 Å². The number of alkyl halides is 3. The number of hydrogen-bond donors (Lipinski definition) is 1. The second kappa shape index (κ2) is 6.84. The van der Waals surface area contributed by atoms with Crippen LogP contribution < -0.4 is 5.73 Å². The summed E-state index contributed by atoms with van der Waals surface area (Å²) < 4.78 is 38.3. The van der Waals surface area contributed by atoms with E-state index in [1.54, 1.807) is 4.90 Å². The average molecular weight is 378 g/mol. The molecule has 25 heavy (non-hydrogen) atoms. The summed E-state index contributed by atoms with van der Waals surface area (Å²) >= 11 is 0. The Balaban J connectivity index is 0.00000225. The van der Waals surface area contributed by atoms with Crippen LogP contribution in [0.5, 0.6) is 0 Å². The molecule has 138 valence electrons. The van der Waals surface area contributed by atoms with E-state index in [0.29, 0.717) is 25.9 Å². The predicted octanol–water partition coefficient (Wildman–Crippen LogP) is 1.90. The predicted molar refractivity (Wildman–Crippen MR) is 87.3 cm³/mol. The van der Waals surface area contributed by atoms with E-state index in [1.165, 1.54) is 17.0 Å². The number of carbonyl (C=O) groups is 2. The van der Waals surface area contributed by atoms with Crippen LogP contribution in [0.2, 0.25) is 0 Å². The third-order valence-electron chi connectivity index (χ3n) is 4.51. The summed E-state index contributed by atoms with van der Waals surface area (Å²) in [6.07, 6.45) is -3.13. The highest BCUT2D eigenvalue weighted by atomic mass is 35.5. The van der Waals surface area contributed by atoms with E-state index < -0.39 is 23.2 Å². The van der Waals surface area contributed by atoms with Crippen LogP contribution in [-0.2, 0) is 11.0 Å². The normalized spacial score (nSPS) is 19.2. The molecule has 0 spiro atoms. The minimum Gasteiger partial charge on any atom is -0.338 e. The quantitative estimate of drug-likeness (QED) is 0.856. The van der Waals surface area contributed by atoms with Crippen LogP contribution in [-0.4, -0.2) is 53.3 Å². The number of nitrogens with zero attached hydrogens (tertiary/aromatic N) is 2. The van der Waals surface area contributed by atoms with Crippen molar-refractivity contribution in [2.24, 2.45) is 5.73 Å². The monoisotopic (exact) mass is 377 g/mol. The van der Waals surface area contributed by atoms with Gasteiger partial charge in [-0.2, -0.15) is 13.2 Å². The van der Waals surface area contributed by atoms with Crippen molar-refractivity contribution in [1.29, 1.82) is 0 Å². The smallest absolute Gasteiger partial charge is 0.338 e. The van der Waals surface area contributed by atoms with Crippen molar-refractivity contribution in [3.63, 3.8) is 0 Å². The molecule has 0 radical (unpaired) electrons. The molecule has 0 bridgehead atoms. The van der Waals surface area contributed by atoms with Crippen molar-refractivity contribution in [1.82, 2.24) is 9.80 Å². The van der Waals surface area contributed by atoms with Gasteiger partial charge in [-0.25, -0.2) is 0 Å². The van der Waals surface area contributed by atoms with Crippen LogP contribution in [0, 0.1) is 0 Å². The van der Waals surface area contributed by atoms with E-state index >= 15 is 0 Å². The minimum atomic E-state index is -4.49. The van der Waals surface area contributed by atoms with Crippen molar-refractivity contribution < 1.29 is 22.8 Å². The molecular weight excluding hydrogens is 359 g/mol. The molecule has 1 aliphatic carbocycles. The molecule has 1 heterocycles.